The lowest BCUT2D eigenvalue weighted by atomic mass is 10.4. The first-order chi connectivity index (χ1) is 9.08. The van der Waals surface area contributed by atoms with E-state index in [1.807, 2.05) is 38.1 Å². The van der Waals surface area contributed by atoms with Crippen molar-refractivity contribution in [3.63, 3.8) is 0 Å². The van der Waals surface area contributed by atoms with E-state index in [2.05, 4.69) is 5.32 Å². The zero-order valence-electron chi connectivity index (χ0n) is 11.3. The molecule has 1 rings (SSSR count). The summed E-state index contributed by atoms with van der Waals surface area (Å²) < 4.78 is 5.40. The van der Waals surface area contributed by atoms with Gasteiger partial charge in [0.05, 0.1) is 11.9 Å². The minimum atomic E-state index is 0.0458. The fourth-order valence-corrected chi connectivity index (χ4v) is 2.20. The van der Waals surface area contributed by atoms with Gasteiger partial charge < -0.3 is 10.1 Å². The van der Waals surface area contributed by atoms with E-state index in [9.17, 15) is 4.79 Å². The normalized spacial score (nSPS) is 10.7. The zero-order valence-corrected chi connectivity index (χ0v) is 12.9. The van der Waals surface area contributed by atoms with Gasteiger partial charge in [0.25, 0.3) is 0 Å². The maximum atomic E-state index is 11.6. The highest BCUT2D eigenvalue weighted by atomic mass is 35.5. The first-order valence-electron chi connectivity index (χ1n) is 6.34. The van der Waals surface area contributed by atoms with E-state index in [0.717, 1.165) is 11.3 Å². The lowest BCUT2D eigenvalue weighted by Crippen LogP contribution is -2.27. The number of rotatable bonds is 8. The number of amides is 1. The monoisotopic (exact) mass is 301 g/mol. The van der Waals surface area contributed by atoms with Crippen molar-refractivity contribution in [2.45, 2.75) is 31.3 Å². The molecule has 0 unspecified atom stereocenters. The van der Waals surface area contributed by atoms with E-state index in [0.29, 0.717) is 23.9 Å². The maximum Gasteiger partial charge on any atom is 0.230 e. The van der Waals surface area contributed by atoms with Crippen LogP contribution in [0, 0.1) is 0 Å². The third kappa shape index (κ3) is 8.14. The summed E-state index contributed by atoms with van der Waals surface area (Å²) in [6.07, 6.45) is 1.09. The van der Waals surface area contributed by atoms with Crippen LogP contribution < -0.4 is 5.32 Å². The number of hydrogen-bond acceptors (Lipinski definition) is 3. The van der Waals surface area contributed by atoms with Gasteiger partial charge in [0, 0.05) is 23.1 Å². The number of halogens is 1. The Morgan fingerprint density at radius 2 is 2.05 bits per heavy atom. The lowest BCUT2D eigenvalue weighted by molar-refractivity contribution is -0.118. The van der Waals surface area contributed by atoms with Gasteiger partial charge in [0.15, 0.2) is 0 Å². The highest BCUT2D eigenvalue weighted by molar-refractivity contribution is 8.00. The third-order valence-electron chi connectivity index (χ3n) is 2.28. The Hall–Kier alpha value is -0.710. The summed E-state index contributed by atoms with van der Waals surface area (Å²) in [6, 6.07) is 7.48. The highest BCUT2D eigenvalue weighted by Gasteiger charge is 2.02. The fraction of sp³-hybridized carbons (Fsp3) is 0.500. The topological polar surface area (TPSA) is 38.3 Å². The molecule has 0 aliphatic rings. The van der Waals surface area contributed by atoms with Crippen molar-refractivity contribution in [1.82, 2.24) is 5.32 Å². The number of thioether (sulfide) groups is 1. The Labute approximate surface area is 124 Å². The molecule has 3 nitrogen and oxygen atoms in total. The van der Waals surface area contributed by atoms with Gasteiger partial charge in [0.2, 0.25) is 5.91 Å². The van der Waals surface area contributed by atoms with Crippen molar-refractivity contribution in [1.29, 1.82) is 0 Å². The second kappa shape index (κ2) is 9.23. The first kappa shape index (κ1) is 16.3. The van der Waals surface area contributed by atoms with Crippen LogP contribution >= 0.6 is 23.4 Å². The van der Waals surface area contributed by atoms with Crippen LogP contribution in [-0.2, 0) is 9.53 Å². The van der Waals surface area contributed by atoms with E-state index in [-0.39, 0.29) is 12.0 Å². The van der Waals surface area contributed by atoms with E-state index < -0.39 is 0 Å². The van der Waals surface area contributed by atoms with Crippen molar-refractivity contribution >= 4 is 29.3 Å². The van der Waals surface area contributed by atoms with Gasteiger partial charge in [-0.2, -0.15) is 0 Å². The van der Waals surface area contributed by atoms with Crippen LogP contribution in [0.2, 0.25) is 5.02 Å². The number of nitrogens with one attached hydrogen (secondary N) is 1. The van der Waals surface area contributed by atoms with Crippen molar-refractivity contribution in [2.75, 3.05) is 18.9 Å². The molecule has 106 valence electrons. The maximum absolute atomic E-state index is 11.6. The highest BCUT2D eigenvalue weighted by Crippen LogP contribution is 2.19. The van der Waals surface area contributed by atoms with Crippen LogP contribution in [0.1, 0.15) is 20.3 Å². The average Bonchev–Trinajstić information content (AvgIpc) is 2.37. The number of carbonyl (C=O) groups is 1. The van der Waals surface area contributed by atoms with Crippen molar-refractivity contribution in [2.24, 2.45) is 0 Å². The molecule has 0 aliphatic heterocycles. The Morgan fingerprint density at radius 3 is 2.68 bits per heavy atom. The number of ether oxygens (including phenoxy) is 1. The van der Waals surface area contributed by atoms with Gasteiger partial charge in [-0.15, -0.1) is 11.8 Å². The molecule has 1 aromatic rings. The van der Waals surface area contributed by atoms with E-state index in [1.165, 1.54) is 11.8 Å². The summed E-state index contributed by atoms with van der Waals surface area (Å²) in [5, 5.41) is 3.58. The standard InChI is InChI=1S/C14H20ClNO2S/c1-11(2)18-9-3-8-16-14(17)10-19-13-6-4-12(15)5-7-13/h4-7,11H,3,8-10H2,1-2H3,(H,16,17). The molecule has 1 aromatic carbocycles. The SMILES string of the molecule is CC(C)OCCCNC(=O)CSc1ccc(Cl)cc1. The minimum absolute atomic E-state index is 0.0458. The number of benzene rings is 1. The first-order valence-corrected chi connectivity index (χ1v) is 7.71. The molecular weight excluding hydrogens is 282 g/mol. The van der Waals surface area contributed by atoms with Crippen molar-refractivity contribution in [3.05, 3.63) is 29.3 Å². The minimum Gasteiger partial charge on any atom is -0.379 e. The summed E-state index contributed by atoms with van der Waals surface area (Å²) in [7, 11) is 0. The number of carbonyl (C=O) groups excluding carboxylic acids is 1. The van der Waals surface area contributed by atoms with Gasteiger partial charge in [0.1, 0.15) is 0 Å². The second-order valence-corrected chi connectivity index (χ2v) is 5.85. The van der Waals surface area contributed by atoms with Crippen molar-refractivity contribution in [3.8, 4) is 0 Å². The Morgan fingerprint density at radius 1 is 1.37 bits per heavy atom. The van der Waals surface area contributed by atoms with Gasteiger partial charge in [-0.05, 0) is 44.5 Å². The molecule has 0 aliphatic carbocycles. The van der Waals surface area contributed by atoms with Crippen LogP contribution in [0.5, 0.6) is 0 Å². The van der Waals surface area contributed by atoms with Crippen LogP contribution in [0.15, 0.2) is 29.2 Å². The van der Waals surface area contributed by atoms with Crippen molar-refractivity contribution < 1.29 is 9.53 Å². The van der Waals surface area contributed by atoms with E-state index in [4.69, 9.17) is 16.3 Å². The summed E-state index contributed by atoms with van der Waals surface area (Å²) in [4.78, 5) is 12.6. The molecule has 0 radical (unpaired) electrons. The molecule has 0 saturated carbocycles. The quantitative estimate of drug-likeness (QED) is 0.591. The molecule has 0 aromatic heterocycles. The lowest BCUT2D eigenvalue weighted by Gasteiger charge is -2.08. The molecular formula is C14H20ClNO2S. The average molecular weight is 302 g/mol. The molecule has 0 spiro atoms. The third-order valence-corrected chi connectivity index (χ3v) is 3.54. The number of hydrogen-bond donors (Lipinski definition) is 1. The predicted molar refractivity (Wildman–Crippen MR) is 80.9 cm³/mol. The second-order valence-electron chi connectivity index (χ2n) is 4.37. The van der Waals surface area contributed by atoms with E-state index in [1.54, 1.807) is 0 Å². The molecule has 0 bridgehead atoms. The summed E-state index contributed by atoms with van der Waals surface area (Å²) in [5.41, 5.74) is 0. The Kier molecular flexibility index (Phi) is 7.94. The predicted octanol–water partition coefficient (Wildman–Crippen LogP) is 3.36. The largest absolute Gasteiger partial charge is 0.379 e. The Balaban J connectivity index is 2.09. The van der Waals surface area contributed by atoms with Gasteiger partial charge >= 0.3 is 0 Å². The summed E-state index contributed by atoms with van der Waals surface area (Å²) >= 11 is 7.30. The molecule has 19 heavy (non-hydrogen) atoms. The van der Waals surface area contributed by atoms with Gasteiger partial charge in [-0.3, -0.25) is 4.79 Å². The fourth-order valence-electron chi connectivity index (χ4n) is 1.35. The zero-order chi connectivity index (χ0) is 14.1. The molecule has 0 fully saturated rings. The molecule has 1 amide bonds. The smallest absolute Gasteiger partial charge is 0.230 e. The van der Waals surface area contributed by atoms with Crippen LogP contribution in [-0.4, -0.2) is 30.9 Å². The van der Waals surface area contributed by atoms with E-state index >= 15 is 0 Å². The molecule has 1 N–H and O–H groups in total. The molecule has 0 heterocycles. The van der Waals surface area contributed by atoms with Crippen LogP contribution in [0.4, 0.5) is 0 Å². The molecule has 0 saturated heterocycles. The van der Waals surface area contributed by atoms with Crippen LogP contribution in [0.25, 0.3) is 0 Å². The molecule has 5 heteroatoms. The molecule has 0 atom stereocenters. The Bertz CT molecular complexity index is 382. The summed E-state index contributed by atoms with van der Waals surface area (Å²) in [6.45, 7) is 5.34. The summed E-state index contributed by atoms with van der Waals surface area (Å²) in [5.74, 6) is 0.469. The van der Waals surface area contributed by atoms with Gasteiger partial charge in [-0.1, -0.05) is 11.6 Å². The van der Waals surface area contributed by atoms with Crippen LogP contribution in [0.3, 0.4) is 0 Å². The van der Waals surface area contributed by atoms with Gasteiger partial charge in [-0.25, -0.2) is 0 Å².